The number of rotatable bonds is 5. The van der Waals surface area contributed by atoms with Gasteiger partial charge in [-0.1, -0.05) is 0 Å². The molecular formula is C15H17ClN4O. The predicted octanol–water partition coefficient (Wildman–Crippen LogP) is 2.76. The van der Waals surface area contributed by atoms with E-state index in [0.717, 1.165) is 35.6 Å². The van der Waals surface area contributed by atoms with E-state index in [9.17, 15) is 0 Å². The van der Waals surface area contributed by atoms with Crippen molar-refractivity contribution in [2.45, 2.75) is 18.8 Å². The average Bonchev–Trinajstić information content (AvgIpc) is 3.07. The standard InChI is InChI=1S/C15H17ClN4O/c1-19-10-11(9-17-19)5-6-20-14-4-3-12(21-2)7-13(14)18-15(20)8-16/h3-4,7,9-10H,5-6,8H2,1-2H3. The third-order valence-electron chi connectivity index (χ3n) is 3.54. The molecule has 110 valence electrons. The minimum absolute atomic E-state index is 0.393. The van der Waals surface area contributed by atoms with Gasteiger partial charge in [0.05, 0.1) is 30.2 Å². The molecule has 0 bridgehead atoms. The van der Waals surface area contributed by atoms with Crippen molar-refractivity contribution in [2.24, 2.45) is 7.05 Å². The van der Waals surface area contributed by atoms with E-state index < -0.39 is 0 Å². The van der Waals surface area contributed by atoms with Crippen LogP contribution in [0.3, 0.4) is 0 Å². The second-order valence-electron chi connectivity index (χ2n) is 4.94. The molecule has 0 radical (unpaired) electrons. The molecule has 0 spiro atoms. The van der Waals surface area contributed by atoms with Gasteiger partial charge >= 0.3 is 0 Å². The van der Waals surface area contributed by atoms with Gasteiger partial charge in [0.2, 0.25) is 0 Å². The summed E-state index contributed by atoms with van der Waals surface area (Å²) in [6.45, 7) is 0.830. The van der Waals surface area contributed by atoms with Crippen molar-refractivity contribution < 1.29 is 4.74 Å². The fourth-order valence-electron chi connectivity index (χ4n) is 2.48. The molecule has 0 saturated heterocycles. The molecule has 0 saturated carbocycles. The van der Waals surface area contributed by atoms with E-state index in [1.807, 2.05) is 42.3 Å². The lowest BCUT2D eigenvalue weighted by Crippen LogP contribution is -2.04. The van der Waals surface area contributed by atoms with Gasteiger partial charge in [0.1, 0.15) is 11.6 Å². The van der Waals surface area contributed by atoms with Crippen LogP contribution in [-0.4, -0.2) is 26.4 Å². The molecule has 0 atom stereocenters. The Hall–Kier alpha value is -2.01. The molecule has 3 aromatic rings. The van der Waals surface area contributed by atoms with Crippen LogP contribution in [0.2, 0.25) is 0 Å². The van der Waals surface area contributed by atoms with Crippen molar-refractivity contribution in [3.05, 3.63) is 42.0 Å². The van der Waals surface area contributed by atoms with E-state index in [0.29, 0.717) is 5.88 Å². The summed E-state index contributed by atoms with van der Waals surface area (Å²) in [5.41, 5.74) is 3.19. The van der Waals surface area contributed by atoms with E-state index in [1.165, 1.54) is 5.56 Å². The zero-order chi connectivity index (χ0) is 14.8. The van der Waals surface area contributed by atoms with Crippen LogP contribution in [0.4, 0.5) is 0 Å². The van der Waals surface area contributed by atoms with Gasteiger partial charge in [-0.3, -0.25) is 4.68 Å². The molecule has 21 heavy (non-hydrogen) atoms. The van der Waals surface area contributed by atoms with Gasteiger partial charge in [-0.05, 0) is 24.1 Å². The second kappa shape index (κ2) is 5.77. The van der Waals surface area contributed by atoms with Crippen LogP contribution in [0.5, 0.6) is 5.75 Å². The van der Waals surface area contributed by atoms with Crippen LogP contribution in [0.25, 0.3) is 11.0 Å². The summed E-state index contributed by atoms with van der Waals surface area (Å²) in [6, 6.07) is 5.91. The van der Waals surface area contributed by atoms with Gasteiger partial charge < -0.3 is 9.30 Å². The van der Waals surface area contributed by atoms with Gasteiger partial charge in [0.25, 0.3) is 0 Å². The fraction of sp³-hybridized carbons (Fsp3) is 0.333. The molecule has 0 unspecified atom stereocenters. The topological polar surface area (TPSA) is 44.9 Å². The highest BCUT2D eigenvalue weighted by molar-refractivity contribution is 6.16. The molecule has 2 heterocycles. The number of fused-ring (bicyclic) bond motifs is 1. The number of methoxy groups -OCH3 is 1. The number of imidazole rings is 1. The highest BCUT2D eigenvalue weighted by Crippen LogP contribution is 2.23. The van der Waals surface area contributed by atoms with Gasteiger partial charge in [-0.2, -0.15) is 5.10 Å². The number of aryl methyl sites for hydroxylation is 3. The summed E-state index contributed by atoms with van der Waals surface area (Å²) in [4.78, 5) is 4.59. The van der Waals surface area contributed by atoms with Crippen LogP contribution in [0.1, 0.15) is 11.4 Å². The maximum absolute atomic E-state index is 6.03. The summed E-state index contributed by atoms with van der Waals surface area (Å²) in [5.74, 6) is 2.08. The lowest BCUT2D eigenvalue weighted by molar-refractivity contribution is 0.415. The fourth-order valence-corrected chi connectivity index (χ4v) is 2.68. The minimum Gasteiger partial charge on any atom is -0.497 e. The Balaban J connectivity index is 1.92. The minimum atomic E-state index is 0.393. The van der Waals surface area contributed by atoms with Crippen molar-refractivity contribution >= 4 is 22.6 Å². The molecule has 0 N–H and O–H groups in total. The maximum atomic E-state index is 6.03. The number of alkyl halides is 1. The molecule has 0 aliphatic heterocycles. The normalized spacial score (nSPS) is 11.2. The quantitative estimate of drug-likeness (QED) is 0.681. The zero-order valence-electron chi connectivity index (χ0n) is 12.1. The van der Waals surface area contributed by atoms with Crippen molar-refractivity contribution in [3.63, 3.8) is 0 Å². The monoisotopic (exact) mass is 304 g/mol. The zero-order valence-corrected chi connectivity index (χ0v) is 12.8. The molecule has 0 aliphatic carbocycles. The molecule has 0 fully saturated rings. The first-order chi connectivity index (χ1) is 10.2. The van der Waals surface area contributed by atoms with Gasteiger partial charge in [0, 0.05) is 25.9 Å². The third kappa shape index (κ3) is 2.74. The molecule has 0 aliphatic rings. The Bertz CT molecular complexity index is 762. The number of benzene rings is 1. The third-order valence-corrected chi connectivity index (χ3v) is 3.78. The maximum Gasteiger partial charge on any atom is 0.124 e. The second-order valence-corrected chi connectivity index (χ2v) is 5.21. The SMILES string of the molecule is COc1ccc2c(c1)nc(CCl)n2CCc1cnn(C)c1. The van der Waals surface area contributed by atoms with Crippen LogP contribution in [-0.2, 0) is 25.9 Å². The summed E-state index contributed by atoms with van der Waals surface area (Å²) in [6.07, 6.45) is 4.82. The van der Waals surface area contributed by atoms with Crippen LogP contribution < -0.4 is 4.74 Å². The Kier molecular flexibility index (Phi) is 3.84. The number of ether oxygens (including phenoxy) is 1. The van der Waals surface area contributed by atoms with E-state index in [4.69, 9.17) is 16.3 Å². The van der Waals surface area contributed by atoms with E-state index >= 15 is 0 Å². The molecule has 0 amide bonds. The van der Waals surface area contributed by atoms with Crippen molar-refractivity contribution in [2.75, 3.05) is 7.11 Å². The number of halogens is 1. The Morgan fingerprint density at radius 2 is 2.19 bits per heavy atom. The smallest absolute Gasteiger partial charge is 0.124 e. The van der Waals surface area contributed by atoms with Crippen molar-refractivity contribution in [3.8, 4) is 5.75 Å². The van der Waals surface area contributed by atoms with Gasteiger partial charge in [-0.25, -0.2) is 4.98 Å². The number of aromatic nitrogens is 4. The average molecular weight is 305 g/mol. The summed E-state index contributed by atoms with van der Waals surface area (Å²) >= 11 is 6.03. The molecule has 3 rings (SSSR count). The highest BCUT2D eigenvalue weighted by Gasteiger charge is 2.11. The number of hydrogen-bond acceptors (Lipinski definition) is 3. The van der Waals surface area contributed by atoms with E-state index in [1.54, 1.807) is 7.11 Å². The van der Waals surface area contributed by atoms with E-state index in [2.05, 4.69) is 14.6 Å². The van der Waals surface area contributed by atoms with Crippen molar-refractivity contribution in [1.29, 1.82) is 0 Å². The first kappa shape index (κ1) is 13.9. The summed E-state index contributed by atoms with van der Waals surface area (Å²) in [5, 5.41) is 4.19. The summed E-state index contributed by atoms with van der Waals surface area (Å²) < 4.78 is 9.22. The lowest BCUT2D eigenvalue weighted by Gasteiger charge is -2.07. The first-order valence-electron chi connectivity index (χ1n) is 6.78. The van der Waals surface area contributed by atoms with Gasteiger partial charge in [-0.15, -0.1) is 11.6 Å². The van der Waals surface area contributed by atoms with Crippen LogP contribution >= 0.6 is 11.6 Å². The Labute approximate surface area is 128 Å². The first-order valence-corrected chi connectivity index (χ1v) is 7.31. The molecular weight excluding hydrogens is 288 g/mol. The summed E-state index contributed by atoms with van der Waals surface area (Å²) in [7, 11) is 3.58. The largest absolute Gasteiger partial charge is 0.497 e. The Morgan fingerprint density at radius 1 is 1.33 bits per heavy atom. The van der Waals surface area contributed by atoms with Gasteiger partial charge in [0.15, 0.2) is 0 Å². The highest BCUT2D eigenvalue weighted by atomic mass is 35.5. The van der Waals surface area contributed by atoms with Crippen LogP contribution in [0.15, 0.2) is 30.6 Å². The van der Waals surface area contributed by atoms with E-state index in [-0.39, 0.29) is 0 Å². The molecule has 2 aromatic heterocycles. The molecule has 1 aromatic carbocycles. The van der Waals surface area contributed by atoms with Crippen molar-refractivity contribution in [1.82, 2.24) is 19.3 Å². The molecule has 6 heteroatoms. The predicted molar refractivity (Wildman–Crippen MR) is 82.8 cm³/mol. The number of nitrogens with zero attached hydrogens (tertiary/aromatic N) is 4. The lowest BCUT2D eigenvalue weighted by atomic mass is 10.2. The van der Waals surface area contributed by atoms with Crippen LogP contribution in [0, 0.1) is 0 Å². The Morgan fingerprint density at radius 3 is 2.86 bits per heavy atom. The number of hydrogen-bond donors (Lipinski definition) is 0. The molecule has 5 nitrogen and oxygen atoms in total.